The van der Waals surface area contributed by atoms with Gasteiger partial charge in [-0.2, -0.15) is 0 Å². The third-order valence-electron chi connectivity index (χ3n) is 4.64. The summed E-state index contributed by atoms with van der Waals surface area (Å²) in [4.78, 5) is 9.10. The minimum atomic E-state index is -0.437. The maximum atomic E-state index is 13.6. The van der Waals surface area contributed by atoms with Crippen LogP contribution in [0.4, 0.5) is 10.2 Å². The zero-order valence-electron chi connectivity index (χ0n) is 13.8. The number of phenols is 1. The van der Waals surface area contributed by atoms with Crippen LogP contribution in [-0.4, -0.2) is 34.2 Å². The van der Waals surface area contributed by atoms with E-state index in [1.165, 1.54) is 18.2 Å². The quantitative estimate of drug-likeness (QED) is 0.684. The first-order chi connectivity index (χ1) is 12.1. The monoisotopic (exact) mass is 338 g/mol. The molecule has 1 fully saturated rings. The zero-order valence-corrected chi connectivity index (χ0v) is 13.8. The average molecular weight is 338 g/mol. The summed E-state index contributed by atoms with van der Waals surface area (Å²) in [5, 5.41) is 17.9. The normalized spacial score (nSPS) is 20.1. The molecule has 0 amide bonds. The molecule has 6 heteroatoms. The Morgan fingerprint density at radius 3 is 2.80 bits per heavy atom. The van der Waals surface area contributed by atoms with Crippen molar-refractivity contribution in [2.24, 2.45) is 5.92 Å². The van der Waals surface area contributed by atoms with Crippen molar-refractivity contribution in [2.75, 3.05) is 18.4 Å². The van der Waals surface area contributed by atoms with E-state index < -0.39 is 5.82 Å². The van der Waals surface area contributed by atoms with Crippen LogP contribution in [0.5, 0.6) is 5.75 Å². The molecule has 2 atom stereocenters. The fourth-order valence-corrected chi connectivity index (χ4v) is 3.17. The van der Waals surface area contributed by atoms with Gasteiger partial charge in [0.05, 0.1) is 11.1 Å². The maximum Gasteiger partial charge on any atom is 0.165 e. The summed E-state index contributed by atoms with van der Waals surface area (Å²) in [6.07, 6.45) is 0. The molecular formula is C19H19FN4O. The molecule has 0 aliphatic carbocycles. The van der Waals surface area contributed by atoms with Crippen molar-refractivity contribution in [3.63, 3.8) is 0 Å². The number of benzene rings is 2. The molecule has 1 aliphatic rings. The van der Waals surface area contributed by atoms with Crippen LogP contribution in [-0.2, 0) is 0 Å². The van der Waals surface area contributed by atoms with Gasteiger partial charge in [0.25, 0.3) is 0 Å². The lowest BCUT2D eigenvalue weighted by Gasteiger charge is -2.19. The topological polar surface area (TPSA) is 70.1 Å². The van der Waals surface area contributed by atoms with Crippen LogP contribution in [0.1, 0.15) is 6.92 Å². The number of para-hydroxylation sites is 1. The van der Waals surface area contributed by atoms with Gasteiger partial charge in [-0.1, -0.05) is 19.1 Å². The Morgan fingerprint density at radius 1 is 1.16 bits per heavy atom. The molecule has 0 saturated carbocycles. The van der Waals surface area contributed by atoms with Gasteiger partial charge >= 0.3 is 0 Å². The SMILES string of the molecule is C[C@@H]1CNCC1Nc1nc(-c2cc(F)ccc2O)nc2ccccc12. The first-order valence-corrected chi connectivity index (χ1v) is 8.35. The highest BCUT2D eigenvalue weighted by atomic mass is 19.1. The van der Waals surface area contributed by atoms with Gasteiger partial charge < -0.3 is 15.7 Å². The number of halogens is 1. The molecule has 1 saturated heterocycles. The number of aromatic nitrogens is 2. The highest BCUT2D eigenvalue weighted by Gasteiger charge is 2.24. The predicted molar refractivity (Wildman–Crippen MR) is 96.0 cm³/mol. The van der Waals surface area contributed by atoms with E-state index in [1.54, 1.807) is 0 Å². The lowest BCUT2D eigenvalue weighted by atomic mass is 10.1. The van der Waals surface area contributed by atoms with Gasteiger partial charge in [0.15, 0.2) is 5.82 Å². The largest absolute Gasteiger partial charge is 0.507 e. The van der Waals surface area contributed by atoms with Crippen molar-refractivity contribution in [3.8, 4) is 17.1 Å². The number of nitrogens with one attached hydrogen (secondary N) is 2. The molecule has 0 radical (unpaired) electrons. The molecule has 3 aromatic rings. The van der Waals surface area contributed by atoms with Gasteiger partial charge in [0, 0.05) is 18.0 Å². The van der Waals surface area contributed by atoms with Gasteiger partial charge in [-0.25, -0.2) is 14.4 Å². The summed E-state index contributed by atoms with van der Waals surface area (Å²) in [6, 6.07) is 11.7. The second-order valence-electron chi connectivity index (χ2n) is 6.46. The molecule has 5 nitrogen and oxygen atoms in total. The standard InChI is InChI=1S/C19H19FN4O/c1-11-9-21-10-16(11)23-18-13-4-2-3-5-15(13)22-19(24-18)14-8-12(20)6-7-17(14)25/h2-8,11,16,21,25H,9-10H2,1H3,(H,22,23,24)/t11-,16?/m1/s1. The van der Waals surface area contributed by atoms with Crippen LogP contribution in [0.15, 0.2) is 42.5 Å². The van der Waals surface area contributed by atoms with Crippen LogP contribution in [0.3, 0.4) is 0 Å². The molecular weight excluding hydrogens is 319 g/mol. The van der Waals surface area contributed by atoms with E-state index in [4.69, 9.17) is 0 Å². The second kappa shape index (κ2) is 6.29. The molecule has 1 aliphatic heterocycles. The number of nitrogens with zero attached hydrogens (tertiary/aromatic N) is 2. The Hall–Kier alpha value is -2.73. The Bertz CT molecular complexity index is 930. The average Bonchev–Trinajstić information content (AvgIpc) is 3.02. The Balaban J connectivity index is 1.84. The third-order valence-corrected chi connectivity index (χ3v) is 4.64. The number of phenolic OH excluding ortho intramolecular Hbond substituents is 1. The summed E-state index contributed by atoms with van der Waals surface area (Å²) >= 11 is 0. The van der Waals surface area contributed by atoms with Crippen LogP contribution in [0.2, 0.25) is 0 Å². The molecule has 2 aromatic carbocycles. The van der Waals surface area contributed by atoms with Gasteiger partial charge in [-0.3, -0.25) is 0 Å². The van der Waals surface area contributed by atoms with Gasteiger partial charge in [-0.15, -0.1) is 0 Å². The summed E-state index contributed by atoms with van der Waals surface area (Å²) in [7, 11) is 0. The van der Waals surface area contributed by atoms with E-state index in [2.05, 4.69) is 27.5 Å². The molecule has 25 heavy (non-hydrogen) atoms. The van der Waals surface area contributed by atoms with Gasteiger partial charge in [-0.05, 0) is 42.8 Å². The highest BCUT2D eigenvalue weighted by Crippen LogP contribution is 2.31. The van der Waals surface area contributed by atoms with Crippen LogP contribution in [0, 0.1) is 11.7 Å². The van der Waals surface area contributed by atoms with E-state index >= 15 is 0 Å². The third kappa shape index (κ3) is 3.00. The lowest BCUT2D eigenvalue weighted by molar-refractivity contribution is 0.475. The second-order valence-corrected chi connectivity index (χ2v) is 6.46. The lowest BCUT2D eigenvalue weighted by Crippen LogP contribution is -2.27. The summed E-state index contributed by atoms with van der Waals surface area (Å²) < 4.78 is 13.6. The Morgan fingerprint density at radius 2 is 2.00 bits per heavy atom. The minimum Gasteiger partial charge on any atom is -0.507 e. The predicted octanol–water partition coefficient (Wildman–Crippen LogP) is 3.16. The van der Waals surface area contributed by atoms with E-state index in [0.29, 0.717) is 17.6 Å². The number of anilines is 1. The number of aromatic hydroxyl groups is 1. The van der Waals surface area contributed by atoms with E-state index in [0.717, 1.165) is 24.0 Å². The fourth-order valence-electron chi connectivity index (χ4n) is 3.17. The Labute approximate surface area is 144 Å². The van der Waals surface area contributed by atoms with Crippen molar-refractivity contribution in [1.29, 1.82) is 0 Å². The molecule has 4 rings (SSSR count). The molecule has 0 bridgehead atoms. The van der Waals surface area contributed by atoms with E-state index in [1.807, 2.05) is 24.3 Å². The summed E-state index contributed by atoms with van der Waals surface area (Å²) in [5.74, 6) is 0.993. The number of hydrogen-bond acceptors (Lipinski definition) is 5. The minimum absolute atomic E-state index is 0.0430. The Kier molecular flexibility index (Phi) is 3.97. The first-order valence-electron chi connectivity index (χ1n) is 8.35. The first kappa shape index (κ1) is 15.8. The fraction of sp³-hybridized carbons (Fsp3) is 0.263. The summed E-state index contributed by atoms with van der Waals surface area (Å²) in [6.45, 7) is 4.00. The smallest absolute Gasteiger partial charge is 0.165 e. The van der Waals surface area contributed by atoms with Crippen molar-refractivity contribution in [3.05, 3.63) is 48.3 Å². The van der Waals surface area contributed by atoms with Crippen molar-refractivity contribution in [2.45, 2.75) is 13.0 Å². The molecule has 3 N–H and O–H groups in total. The van der Waals surface area contributed by atoms with Crippen LogP contribution < -0.4 is 10.6 Å². The molecule has 1 aromatic heterocycles. The van der Waals surface area contributed by atoms with E-state index in [-0.39, 0.29) is 17.4 Å². The van der Waals surface area contributed by atoms with Crippen LogP contribution >= 0.6 is 0 Å². The maximum absolute atomic E-state index is 13.6. The molecule has 128 valence electrons. The molecule has 0 spiro atoms. The number of fused-ring (bicyclic) bond motifs is 1. The highest BCUT2D eigenvalue weighted by molar-refractivity contribution is 5.91. The molecule has 1 unspecified atom stereocenters. The van der Waals surface area contributed by atoms with Crippen LogP contribution in [0.25, 0.3) is 22.3 Å². The van der Waals surface area contributed by atoms with Gasteiger partial charge in [0.2, 0.25) is 0 Å². The van der Waals surface area contributed by atoms with Gasteiger partial charge in [0.1, 0.15) is 17.4 Å². The number of rotatable bonds is 3. The zero-order chi connectivity index (χ0) is 17.4. The number of hydrogen-bond donors (Lipinski definition) is 3. The molecule has 2 heterocycles. The van der Waals surface area contributed by atoms with Crippen molar-refractivity contribution in [1.82, 2.24) is 15.3 Å². The van der Waals surface area contributed by atoms with E-state index in [9.17, 15) is 9.50 Å². The van der Waals surface area contributed by atoms with Crippen molar-refractivity contribution < 1.29 is 9.50 Å². The van der Waals surface area contributed by atoms with Crippen molar-refractivity contribution >= 4 is 16.7 Å². The summed E-state index contributed by atoms with van der Waals surface area (Å²) in [5.41, 5.74) is 1.03.